The van der Waals surface area contributed by atoms with Crippen LogP contribution >= 0.6 is 0 Å². The fourth-order valence-corrected chi connectivity index (χ4v) is 4.16. The molecule has 0 saturated heterocycles. The minimum absolute atomic E-state index is 0.0326. The standard InChI is InChI=1S/C28H29N5O3/c1-4-19-10-12-20(13-11-19)30-27(35)28(36)32-31-18(3)16-26(34)29-21-14-15-25-23(17-21)22-8-6-7-9-24(22)33(25)5-2/h6-15,17H,4-5,16H2,1-3H3,(H,29,34)(H,30,35)(H,32,36)/b31-18+. The Balaban J connectivity index is 1.35. The molecule has 1 heterocycles. The zero-order chi connectivity index (χ0) is 25.7. The van der Waals surface area contributed by atoms with E-state index in [0.29, 0.717) is 17.1 Å². The highest BCUT2D eigenvalue weighted by Gasteiger charge is 2.14. The van der Waals surface area contributed by atoms with Crippen LogP contribution in [0.1, 0.15) is 32.8 Å². The third kappa shape index (κ3) is 5.43. The van der Waals surface area contributed by atoms with Gasteiger partial charge in [-0.15, -0.1) is 0 Å². The van der Waals surface area contributed by atoms with Crippen LogP contribution in [0.15, 0.2) is 71.8 Å². The van der Waals surface area contributed by atoms with Crippen LogP contribution < -0.4 is 16.1 Å². The monoisotopic (exact) mass is 483 g/mol. The van der Waals surface area contributed by atoms with Crippen molar-refractivity contribution in [1.29, 1.82) is 0 Å². The Morgan fingerprint density at radius 1 is 0.806 bits per heavy atom. The largest absolute Gasteiger partial charge is 0.341 e. The number of aryl methyl sites for hydroxylation is 2. The van der Waals surface area contributed by atoms with Crippen molar-refractivity contribution in [3.05, 3.63) is 72.3 Å². The summed E-state index contributed by atoms with van der Waals surface area (Å²) < 4.78 is 2.24. The molecule has 36 heavy (non-hydrogen) atoms. The lowest BCUT2D eigenvalue weighted by Gasteiger charge is -2.07. The van der Waals surface area contributed by atoms with Crippen LogP contribution in [0.25, 0.3) is 21.8 Å². The SMILES string of the molecule is CCc1ccc(NC(=O)C(=O)N/N=C(\C)CC(=O)Nc2ccc3c(c2)c2ccccc2n3CC)cc1. The highest BCUT2D eigenvalue weighted by Crippen LogP contribution is 2.31. The molecular formula is C28H29N5O3. The van der Waals surface area contributed by atoms with Gasteiger partial charge in [-0.25, -0.2) is 5.43 Å². The van der Waals surface area contributed by atoms with Gasteiger partial charge in [-0.05, 0) is 62.2 Å². The number of hydrazone groups is 1. The summed E-state index contributed by atoms with van der Waals surface area (Å²) in [7, 11) is 0. The zero-order valence-electron chi connectivity index (χ0n) is 20.6. The molecule has 0 fully saturated rings. The van der Waals surface area contributed by atoms with E-state index in [2.05, 4.69) is 44.8 Å². The van der Waals surface area contributed by atoms with Crippen LogP contribution in [0, 0.1) is 0 Å². The van der Waals surface area contributed by atoms with Gasteiger partial charge in [0, 0.05) is 45.4 Å². The Hall–Kier alpha value is -4.46. The first-order valence-corrected chi connectivity index (χ1v) is 11.9. The minimum Gasteiger partial charge on any atom is -0.341 e. The Kier molecular flexibility index (Phi) is 7.44. The molecule has 0 saturated carbocycles. The molecule has 8 nitrogen and oxygen atoms in total. The van der Waals surface area contributed by atoms with Gasteiger partial charge in [-0.1, -0.05) is 37.3 Å². The van der Waals surface area contributed by atoms with E-state index in [1.54, 1.807) is 19.1 Å². The van der Waals surface area contributed by atoms with Crippen molar-refractivity contribution >= 4 is 56.6 Å². The van der Waals surface area contributed by atoms with Crippen molar-refractivity contribution in [1.82, 2.24) is 9.99 Å². The molecule has 3 aromatic carbocycles. The Labute approximate surface area is 209 Å². The molecule has 8 heteroatoms. The summed E-state index contributed by atoms with van der Waals surface area (Å²) in [6.45, 7) is 6.60. The molecular weight excluding hydrogens is 454 g/mol. The van der Waals surface area contributed by atoms with Crippen molar-refractivity contribution in [2.24, 2.45) is 5.10 Å². The quantitative estimate of drug-likeness (QED) is 0.199. The average Bonchev–Trinajstić information content (AvgIpc) is 3.20. The predicted octanol–water partition coefficient (Wildman–Crippen LogP) is 4.84. The summed E-state index contributed by atoms with van der Waals surface area (Å²) in [5.74, 6) is -2.02. The molecule has 0 aliphatic carbocycles. The maximum atomic E-state index is 12.6. The number of benzene rings is 3. The van der Waals surface area contributed by atoms with Gasteiger partial charge in [-0.3, -0.25) is 14.4 Å². The summed E-state index contributed by atoms with van der Waals surface area (Å²) >= 11 is 0. The summed E-state index contributed by atoms with van der Waals surface area (Å²) in [6.07, 6.45) is 0.851. The molecule has 1 aromatic heterocycles. The fourth-order valence-electron chi connectivity index (χ4n) is 4.16. The lowest BCUT2D eigenvalue weighted by Crippen LogP contribution is -2.33. The number of hydrogen-bond acceptors (Lipinski definition) is 4. The van der Waals surface area contributed by atoms with Crippen LogP contribution in [-0.2, 0) is 27.3 Å². The van der Waals surface area contributed by atoms with Gasteiger partial charge < -0.3 is 15.2 Å². The van der Waals surface area contributed by atoms with E-state index < -0.39 is 11.8 Å². The van der Waals surface area contributed by atoms with Gasteiger partial charge in [0.15, 0.2) is 0 Å². The van der Waals surface area contributed by atoms with Gasteiger partial charge in [0.1, 0.15) is 0 Å². The number of hydrogen-bond donors (Lipinski definition) is 3. The smallest absolute Gasteiger partial charge is 0.329 e. The normalized spacial score (nSPS) is 11.5. The lowest BCUT2D eigenvalue weighted by molar-refractivity contribution is -0.136. The van der Waals surface area contributed by atoms with E-state index in [1.165, 1.54) is 0 Å². The first kappa shape index (κ1) is 24.7. The first-order chi connectivity index (χ1) is 17.4. The van der Waals surface area contributed by atoms with E-state index in [4.69, 9.17) is 0 Å². The second kappa shape index (κ2) is 10.9. The Bertz CT molecular complexity index is 1470. The predicted molar refractivity (Wildman–Crippen MR) is 144 cm³/mol. The Morgan fingerprint density at radius 3 is 2.22 bits per heavy atom. The van der Waals surface area contributed by atoms with E-state index in [0.717, 1.165) is 40.3 Å². The molecule has 0 bridgehead atoms. The molecule has 0 aliphatic rings. The number of anilines is 2. The zero-order valence-corrected chi connectivity index (χ0v) is 20.6. The second-order valence-corrected chi connectivity index (χ2v) is 8.51. The molecule has 0 radical (unpaired) electrons. The van der Waals surface area contributed by atoms with Gasteiger partial charge in [0.25, 0.3) is 0 Å². The van der Waals surface area contributed by atoms with Crippen LogP contribution in [0.4, 0.5) is 11.4 Å². The van der Waals surface area contributed by atoms with Gasteiger partial charge >= 0.3 is 11.8 Å². The van der Waals surface area contributed by atoms with Crippen molar-refractivity contribution < 1.29 is 14.4 Å². The number of nitrogens with one attached hydrogen (secondary N) is 3. The summed E-state index contributed by atoms with van der Waals surface area (Å²) in [5.41, 5.74) is 7.15. The second-order valence-electron chi connectivity index (χ2n) is 8.51. The number of aromatic nitrogens is 1. The highest BCUT2D eigenvalue weighted by atomic mass is 16.2. The molecule has 4 rings (SSSR count). The topological polar surface area (TPSA) is 105 Å². The maximum Gasteiger partial charge on any atom is 0.329 e. The number of nitrogens with zero attached hydrogens (tertiary/aromatic N) is 2. The van der Waals surface area contributed by atoms with Crippen LogP contribution in [0.3, 0.4) is 0 Å². The lowest BCUT2D eigenvalue weighted by atomic mass is 10.1. The van der Waals surface area contributed by atoms with Crippen molar-refractivity contribution in [3.63, 3.8) is 0 Å². The van der Waals surface area contributed by atoms with Gasteiger partial charge in [0.2, 0.25) is 5.91 Å². The van der Waals surface area contributed by atoms with E-state index in [9.17, 15) is 14.4 Å². The third-order valence-corrected chi connectivity index (χ3v) is 5.96. The van der Waals surface area contributed by atoms with Crippen LogP contribution in [-0.4, -0.2) is 28.0 Å². The molecule has 0 aliphatic heterocycles. The minimum atomic E-state index is -0.910. The van der Waals surface area contributed by atoms with E-state index in [1.807, 2.05) is 49.4 Å². The molecule has 3 amide bonds. The summed E-state index contributed by atoms with van der Waals surface area (Å²) in [5, 5.41) is 11.5. The number of carbonyl (C=O) groups is 3. The third-order valence-electron chi connectivity index (χ3n) is 5.96. The number of rotatable bonds is 7. The molecule has 3 N–H and O–H groups in total. The first-order valence-electron chi connectivity index (χ1n) is 11.9. The molecule has 4 aromatic rings. The summed E-state index contributed by atoms with van der Waals surface area (Å²) in [6, 6.07) is 21.3. The van der Waals surface area contributed by atoms with Gasteiger partial charge in [0.05, 0.1) is 6.42 Å². The van der Waals surface area contributed by atoms with E-state index in [-0.39, 0.29) is 12.3 Å². The van der Waals surface area contributed by atoms with Crippen molar-refractivity contribution in [2.75, 3.05) is 10.6 Å². The summed E-state index contributed by atoms with van der Waals surface area (Å²) in [4.78, 5) is 36.7. The number of carbonyl (C=O) groups excluding carboxylic acids is 3. The average molecular weight is 484 g/mol. The van der Waals surface area contributed by atoms with Crippen LogP contribution in [0.2, 0.25) is 0 Å². The maximum absolute atomic E-state index is 12.6. The number of amides is 3. The molecule has 184 valence electrons. The fraction of sp³-hybridized carbons (Fsp3) is 0.214. The van der Waals surface area contributed by atoms with Crippen molar-refractivity contribution in [3.8, 4) is 0 Å². The van der Waals surface area contributed by atoms with Crippen LogP contribution in [0.5, 0.6) is 0 Å². The molecule has 0 unspecified atom stereocenters. The highest BCUT2D eigenvalue weighted by molar-refractivity contribution is 6.39. The molecule has 0 spiro atoms. The number of para-hydroxylation sites is 1. The number of fused-ring (bicyclic) bond motifs is 3. The Morgan fingerprint density at radius 2 is 1.50 bits per heavy atom. The molecule has 0 atom stereocenters. The van der Waals surface area contributed by atoms with E-state index >= 15 is 0 Å². The van der Waals surface area contributed by atoms with Crippen molar-refractivity contribution in [2.45, 2.75) is 40.2 Å². The van der Waals surface area contributed by atoms with Gasteiger partial charge in [-0.2, -0.15) is 5.10 Å².